The first-order valence-electron chi connectivity index (χ1n) is 6.30. The van der Waals surface area contributed by atoms with Gasteiger partial charge in [0.15, 0.2) is 0 Å². The lowest BCUT2D eigenvalue weighted by Gasteiger charge is -2.29. The molecule has 0 aliphatic rings. The predicted molar refractivity (Wildman–Crippen MR) is 90.0 cm³/mol. The first kappa shape index (κ1) is 16.6. The Balaban J connectivity index is 2.72. The molecule has 2 N–H and O–H groups in total. The lowest BCUT2D eigenvalue weighted by atomic mass is 10.0. The lowest BCUT2D eigenvalue weighted by Crippen LogP contribution is -2.39. The van der Waals surface area contributed by atoms with E-state index in [1.54, 1.807) is 23.9 Å². The van der Waals surface area contributed by atoms with Crippen molar-refractivity contribution in [3.05, 3.63) is 27.3 Å². The van der Waals surface area contributed by atoms with Crippen LogP contribution < -0.4 is 5.32 Å². The largest absolute Gasteiger partial charge is 0.507 e. The van der Waals surface area contributed by atoms with E-state index in [9.17, 15) is 9.90 Å². The van der Waals surface area contributed by atoms with E-state index in [1.165, 1.54) is 6.07 Å². The summed E-state index contributed by atoms with van der Waals surface area (Å²) in [5.41, 5.74) is 0.500. The minimum Gasteiger partial charge on any atom is -0.507 e. The highest BCUT2D eigenvalue weighted by atomic mass is 127. The van der Waals surface area contributed by atoms with Gasteiger partial charge in [0.1, 0.15) is 5.75 Å². The number of phenolic OH excluding ortho intramolecular Hbond substituents is 1. The van der Waals surface area contributed by atoms with Gasteiger partial charge in [-0.1, -0.05) is 13.8 Å². The van der Waals surface area contributed by atoms with Crippen LogP contribution in [0.1, 0.15) is 37.0 Å². The first-order chi connectivity index (χ1) is 8.98. The number of thioether (sulfide) groups is 1. The maximum absolute atomic E-state index is 12.1. The van der Waals surface area contributed by atoms with Crippen molar-refractivity contribution in [1.29, 1.82) is 0 Å². The fourth-order valence-corrected chi connectivity index (χ4v) is 2.99. The number of benzene rings is 1. The van der Waals surface area contributed by atoms with Crippen molar-refractivity contribution in [1.82, 2.24) is 5.32 Å². The molecule has 3 nitrogen and oxygen atoms in total. The molecule has 19 heavy (non-hydrogen) atoms. The quantitative estimate of drug-likeness (QED) is 0.726. The SMILES string of the molecule is CCC(CC)(CNC(=O)c1ccc(I)c(O)c1)SC. The van der Waals surface area contributed by atoms with Gasteiger partial charge in [-0.15, -0.1) is 0 Å². The average Bonchev–Trinajstić information content (AvgIpc) is 2.43. The summed E-state index contributed by atoms with van der Waals surface area (Å²) in [5.74, 6) is 0.0161. The Morgan fingerprint density at radius 1 is 1.42 bits per heavy atom. The summed E-state index contributed by atoms with van der Waals surface area (Å²) in [6, 6.07) is 4.98. The normalized spacial score (nSPS) is 11.4. The maximum atomic E-state index is 12.1. The molecule has 1 rings (SSSR count). The number of halogens is 1. The topological polar surface area (TPSA) is 49.3 Å². The van der Waals surface area contributed by atoms with E-state index in [4.69, 9.17) is 0 Å². The molecule has 1 aromatic rings. The van der Waals surface area contributed by atoms with Gasteiger partial charge < -0.3 is 10.4 Å². The Hall–Kier alpha value is -0.430. The smallest absolute Gasteiger partial charge is 0.251 e. The Bertz CT molecular complexity index is 439. The van der Waals surface area contributed by atoms with Crippen LogP contribution in [0.25, 0.3) is 0 Å². The van der Waals surface area contributed by atoms with Crippen molar-refractivity contribution in [3.63, 3.8) is 0 Å². The number of aromatic hydroxyl groups is 1. The van der Waals surface area contributed by atoms with Crippen molar-refractivity contribution < 1.29 is 9.90 Å². The van der Waals surface area contributed by atoms with Gasteiger partial charge in [0.2, 0.25) is 0 Å². The third-order valence-electron chi connectivity index (χ3n) is 3.50. The zero-order chi connectivity index (χ0) is 14.5. The van der Waals surface area contributed by atoms with E-state index < -0.39 is 0 Å². The molecule has 0 saturated heterocycles. The molecule has 0 spiro atoms. The van der Waals surface area contributed by atoms with E-state index >= 15 is 0 Å². The fraction of sp³-hybridized carbons (Fsp3) is 0.500. The van der Waals surface area contributed by atoms with E-state index in [1.807, 2.05) is 22.6 Å². The second-order valence-corrected chi connectivity index (χ2v) is 6.88. The number of nitrogens with one attached hydrogen (secondary N) is 1. The zero-order valence-electron chi connectivity index (χ0n) is 11.5. The fourth-order valence-electron chi connectivity index (χ4n) is 1.86. The highest BCUT2D eigenvalue weighted by Gasteiger charge is 2.25. The molecule has 1 aromatic carbocycles. The molecule has 1 amide bonds. The van der Waals surface area contributed by atoms with Gasteiger partial charge in [0, 0.05) is 16.9 Å². The van der Waals surface area contributed by atoms with Crippen LogP contribution in [-0.2, 0) is 0 Å². The van der Waals surface area contributed by atoms with Gasteiger partial charge in [-0.2, -0.15) is 11.8 Å². The zero-order valence-corrected chi connectivity index (χ0v) is 14.5. The first-order valence-corrected chi connectivity index (χ1v) is 8.60. The molecule has 5 heteroatoms. The van der Waals surface area contributed by atoms with Crippen LogP contribution in [0.5, 0.6) is 5.75 Å². The van der Waals surface area contributed by atoms with Crippen LogP contribution in [0.3, 0.4) is 0 Å². The van der Waals surface area contributed by atoms with Crippen LogP contribution in [0.4, 0.5) is 0 Å². The monoisotopic (exact) mass is 393 g/mol. The summed E-state index contributed by atoms with van der Waals surface area (Å²) in [7, 11) is 0. The molecule has 0 atom stereocenters. The van der Waals surface area contributed by atoms with E-state index in [2.05, 4.69) is 25.4 Å². The number of hydrogen-bond acceptors (Lipinski definition) is 3. The molecule has 0 radical (unpaired) electrons. The Labute approximate surface area is 132 Å². The Kier molecular flexibility index (Phi) is 6.46. The number of carbonyl (C=O) groups excluding carboxylic acids is 1. The Morgan fingerprint density at radius 2 is 2.05 bits per heavy atom. The molecule has 0 unspecified atom stereocenters. The van der Waals surface area contributed by atoms with E-state index in [0.717, 1.165) is 16.4 Å². The number of carbonyl (C=O) groups is 1. The maximum Gasteiger partial charge on any atom is 0.251 e. The lowest BCUT2D eigenvalue weighted by molar-refractivity contribution is 0.0948. The number of rotatable bonds is 6. The molecule has 0 aliphatic carbocycles. The summed E-state index contributed by atoms with van der Waals surface area (Å²) in [5, 5.41) is 12.6. The van der Waals surface area contributed by atoms with Crippen LogP contribution in [-0.4, -0.2) is 28.6 Å². The van der Waals surface area contributed by atoms with Gasteiger partial charge >= 0.3 is 0 Å². The van der Waals surface area contributed by atoms with E-state index in [-0.39, 0.29) is 16.4 Å². The third kappa shape index (κ3) is 4.27. The van der Waals surface area contributed by atoms with Crippen molar-refractivity contribution in [2.45, 2.75) is 31.4 Å². The highest BCUT2D eigenvalue weighted by Crippen LogP contribution is 2.29. The van der Waals surface area contributed by atoms with Crippen molar-refractivity contribution in [3.8, 4) is 5.75 Å². The summed E-state index contributed by atoms with van der Waals surface area (Å²) in [4.78, 5) is 12.1. The standard InChI is InChI=1S/C14H20INO2S/c1-4-14(5-2,19-3)9-16-13(18)10-6-7-11(15)12(17)8-10/h6-8,17H,4-5,9H2,1-3H3,(H,16,18). The molecule has 106 valence electrons. The second kappa shape index (κ2) is 7.38. The molecular weight excluding hydrogens is 373 g/mol. The van der Waals surface area contributed by atoms with Gasteiger partial charge in [-0.05, 0) is 59.9 Å². The second-order valence-electron chi connectivity index (χ2n) is 4.44. The van der Waals surface area contributed by atoms with Gasteiger partial charge in [0.05, 0.1) is 3.57 Å². The molecular formula is C14H20INO2S. The van der Waals surface area contributed by atoms with Crippen LogP contribution >= 0.6 is 34.4 Å². The molecule has 0 aromatic heterocycles. The summed E-state index contributed by atoms with van der Waals surface area (Å²) < 4.78 is 0.843. The van der Waals surface area contributed by atoms with Crippen molar-refractivity contribution in [2.75, 3.05) is 12.8 Å². The summed E-state index contributed by atoms with van der Waals surface area (Å²) >= 11 is 3.83. The third-order valence-corrected chi connectivity index (χ3v) is 6.00. The van der Waals surface area contributed by atoms with Gasteiger partial charge in [-0.3, -0.25) is 4.79 Å². The van der Waals surface area contributed by atoms with E-state index in [0.29, 0.717) is 12.1 Å². The van der Waals surface area contributed by atoms with Gasteiger partial charge in [-0.25, -0.2) is 0 Å². The van der Waals surface area contributed by atoms with Crippen molar-refractivity contribution >= 4 is 40.3 Å². The molecule has 0 fully saturated rings. The molecule has 0 aliphatic heterocycles. The van der Waals surface area contributed by atoms with Crippen molar-refractivity contribution in [2.24, 2.45) is 0 Å². The van der Waals surface area contributed by atoms with Crippen LogP contribution in [0, 0.1) is 3.57 Å². The molecule has 0 bridgehead atoms. The number of amides is 1. The minimum absolute atomic E-state index is 0.0981. The van der Waals surface area contributed by atoms with Crippen LogP contribution in [0.15, 0.2) is 18.2 Å². The number of phenols is 1. The van der Waals surface area contributed by atoms with Crippen LogP contribution in [0.2, 0.25) is 0 Å². The molecule has 0 heterocycles. The van der Waals surface area contributed by atoms with Gasteiger partial charge in [0.25, 0.3) is 5.91 Å². The predicted octanol–water partition coefficient (Wildman–Crippen LogP) is 3.65. The Morgan fingerprint density at radius 3 is 2.53 bits per heavy atom. The highest BCUT2D eigenvalue weighted by molar-refractivity contribution is 14.1. The summed E-state index contributed by atoms with van der Waals surface area (Å²) in [6.45, 7) is 4.93. The molecule has 0 saturated carbocycles. The summed E-state index contributed by atoms with van der Waals surface area (Å²) in [6.07, 6.45) is 4.11. The average molecular weight is 393 g/mol. The number of hydrogen-bond donors (Lipinski definition) is 2. The minimum atomic E-state index is -0.132.